The SMILES string of the molecule is CCCOc1ccc(/C=C/C(=O)Nc2nc(CC(=O)OCC)cs2)cc1. The number of aromatic nitrogens is 1. The highest BCUT2D eigenvalue weighted by Crippen LogP contribution is 2.17. The van der Waals surface area contributed by atoms with Gasteiger partial charge in [0, 0.05) is 11.5 Å². The number of nitrogens with zero attached hydrogens (tertiary/aromatic N) is 1. The molecule has 7 heteroatoms. The lowest BCUT2D eigenvalue weighted by atomic mass is 10.2. The van der Waals surface area contributed by atoms with Crippen molar-refractivity contribution in [1.82, 2.24) is 4.98 Å². The molecule has 0 spiro atoms. The van der Waals surface area contributed by atoms with Crippen molar-refractivity contribution in [3.8, 4) is 5.75 Å². The number of anilines is 1. The number of thiazole rings is 1. The Morgan fingerprint density at radius 2 is 2.00 bits per heavy atom. The zero-order valence-corrected chi connectivity index (χ0v) is 15.7. The molecular weight excluding hydrogens is 352 g/mol. The van der Waals surface area contributed by atoms with Gasteiger partial charge in [0.2, 0.25) is 5.91 Å². The molecule has 0 saturated carbocycles. The first-order chi connectivity index (χ1) is 12.6. The number of carbonyl (C=O) groups excluding carboxylic acids is 2. The van der Waals surface area contributed by atoms with E-state index < -0.39 is 0 Å². The summed E-state index contributed by atoms with van der Waals surface area (Å²) in [4.78, 5) is 27.6. The summed E-state index contributed by atoms with van der Waals surface area (Å²) in [7, 11) is 0. The minimum Gasteiger partial charge on any atom is -0.494 e. The average molecular weight is 374 g/mol. The zero-order chi connectivity index (χ0) is 18.8. The van der Waals surface area contributed by atoms with Crippen molar-refractivity contribution in [2.75, 3.05) is 18.5 Å². The second-order valence-electron chi connectivity index (χ2n) is 5.37. The Labute approximate surface area is 156 Å². The van der Waals surface area contributed by atoms with Crippen molar-refractivity contribution in [3.05, 3.63) is 47.0 Å². The lowest BCUT2D eigenvalue weighted by molar-refractivity contribution is -0.142. The molecule has 1 heterocycles. The van der Waals surface area contributed by atoms with Gasteiger partial charge in [-0.3, -0.25) is 14.9 Å². The summed E-state index contributed by atoms with van der Waals surface area (Å²) in [5.74, 6) is 0.195. The second kappa shape index (κ2) is 10.4. The third-order valence-corrected chi connectivity index (χ3v) is 4.00. The summed E-state index contributed by atoms with van der Waals surface area (Å²) in [6.07, 6.45) is 4.21. The van der Waals surface area contributed by atoms with Crippen LogP contribution in [0.25, 0.3) is 6.08 Å². The van der Waals surface area contributed by atoms with E-state index in [0.29, 0.717) is 24.0 Å². The van der Waals surface area contributed by atoms with E-state index in [0.717, 1.165) is 17.7 Å². The highest BCUT2D eigenvalue weighted by molar-refractivity contribution is 7.14. The molecule has 0 atom stereocenters. The maximum absolute atomic E-state index is 12.0. The molecule has 0 aliphatic carbocycles. The molecule has 1 amide bonds. The summed E-state index contributed by atoms with van der Waals surface area (Å²) in [6, 6.07) is 7.51. The Morgan fingerprint density at radius 1 is 1.23 bits per heavy atom. The number of amides is 1. The van der Waals surface area contributed by atoms with Gasteiger partial charge in [0.15, 0.2) is 5.13 Å². The lowest BCUT2D eigenvalue weighted by Gasteiger charge is -2.04. The third-order valence-electron chi connectivity index (χ3n) is 3.19. The summed E-state index contributed by atoms with van der Waals surface area (Å²) < 4.78 is 10.4. The average Bonchev–Trinajstić information content (AvgIpc) is 3.06. The van der Waals surface area contributed by atoms with Gasteiger partial charge >= 0.3 is 5.97 Å². The van der Waals surface area contributed by atoms with E-state index in [9.17, 15) is 9.59 Å². The monoisotopic (exact) mass is 374 g/mol. The fourth-order valence-electron chi connectivity index (χ4n) is 2.02. The molecule has 0 saturated heterocycles. The minimum absolute atomic E-state index is 0.0997. The van der Waals surface area contributed by atoms with Crippen molar-refractivity contribution in [2.45, 2.75) is 26.7 Å². The first-order valence-electron chi connectivity index (χ1n) is 8.42. The van der Waals surface area contributed by atoms with Crippen LogP contribution in [-0.4, -0.2) is 30.1 Å². The normalized spacial score (nSPS) is 10.7. The Morgan fingerprint density at radius 3 is 2.69 bits per heavy atom. The first-order valence-corrected chi connectivity index (χ1v) is 9.30. The summed E-state index contributed by atoms with van der Waals surface area (Å²) in [6.45, 7) is 4.83. The van der Waals surface area contributed by atoms with Gasteiger partial charge in [-0.15, -0.1) is 11.3 Å². The van der Waals surface area contributed by atoms with Gasteiger partial charge in [0.05, 0.1) is 25.3 Å². The maximum Gasteiger partial charge on any atom is 0.311 e. The number of carbonyl (C=O) groups is 2. The van der Waals surface area contributed by atoms with E-state index in [-0.39, 0.29) is 18.3 Å². The number of esters is 1. The van der Waals surface area contributed by atoms with Gasteiger partial charge < -0.3 is 9.47 Å². The van der Waals surface area contributed by atoms with Crippen molar-refractivity contribution >= 4 is 34.4 Å². The molecule has 0 fully saturated rings. The smallest absolute Gasteiger partial charge is 0.311 e. The summed E-state index contributed by atoms with van der Waals surface area (Å²) in [5, 5.41) is 4.86. The first kappa shape index (κ1) is 19.7. The number of hydrogen-bond donors (Lipinski definition) is 1. The van der Waals surface area contributed by atoms with Gasteiger partial charge in [-0.05, 0) is 37.1 Å². The van der Waals surface area contributed by atoms with Crippen LogP contribution in [0.4, 0.5) is 5.13 Å². The number of rotatable bonds is 9. The molecule has 0 unspecified atom stereocenters. The molecule has 0 aliphatic rings. The van der Waals surface area contributed by atoms with Crippen LogP contribution in [0.5, 0.6) is 5.75 Å². The van der Waals surface area contributed by atoms with Gasteiger partial charge in [-0.1, -0.05) is 19.1 Å². The van der Waals surface area contributed by atoms with Gasteiger partial charge in [-0.2, -0.15) is 0 Å². The molecule has 1 aromatic carbocycles. The molecule has 0 aliphatic heterocycles. The predicted octanol–water partition coefficient (Wildman–Crippen LogP) is 3.69. The zero-order valence-electron chi connectivity index (χ0n) is 14.9. The van der Waals surface area contributed by atoms with E-state index in [2.05, 4.69) is 17.2 Å². The van der Waals surface area contributed by atoms with Crippen LogP contribution in [0.15, 0.2) is 35.7 Å². The van der Waals surface area contributed by atoms with Crippen LogP contribution < -0.4 is 10.1 Å². The largest absolute Gasteiger partial charge is 0.494 e. The molecule has 0 bridgehead atoms. The quantitative estimate of drug-likeness (QED) is 0.535. The second-order valence-corrected chi connectivity index (χ2v) is 6.22. The molecule has 6 nitrogen and oxygen atoms in total. The standard InChI is InChI=1S/C19H22N2O4S/c1-3-11-25-16-8-5-14(6-9-16)7-10-17(22)21-19-20-15(13-26-19)12-18(23)24-4-2/h5-10,13H,3-4,11-12H2,1-2H3,(H,20,21,22)/b10-7+. The summed E-state index contributed by atoms with van der Waals surface area (Å²) >= 11 is 1.27. The Hall–Kier alpha value is -2.67. The number of ether oxygens (including phenoxy) is 2. The topological polar surface area (TPSA) is 77.5 Å². The van der Waals surface area contributed by atoms with Crippen LogP contribution in [-0.2, 0) is 20.7 Å². The van der Waals surface area contributed by atoms with Crippen LogP contribution in [0.1, 0.15) is 31.5 Å². The molecule has 2 rings (SSSR count). The lowest BCUT2D eigenvalue weighted by Crippen LogP contribution is -2.09. The fourth-order valence-corrected chi connectivity index (χ4v) is 2.73. The van der Waals surface area contributed by atoms with E-state index in [1.54, 1.807) is 18.4 Å². The Kier molecular flexibility index (Phi) is 7.82. The third kappa shape index (κ3) is 6.68. The maximum atomic E-state index is 12.0. The molecule has 2 aromatic rings. The Bertz CT molecular complexity index is 753. The van der Waals surface area contributed by atoms with Gasteiger partial charge in [0.1, 0.15) is 5.75 Å². The van der Waals surface area contributed by atoms with E-state index >= 15 is 0 Å². The molecule has 1 aromatic heterocycles. The molecular formula is C19H22N2O4S. The molecule has 1 N–H and O–H groups in total. The van der Waals surface area contributed by atoms with Gasteiger partial charge in [-0.25, -0.2) is 4.98 Å². The van der Waals surface area contributed by atoms with Crippen LogP contribution >= 0.6 is 11.3 Å². The van der Waals surface area contributed by atoms with Crippen LogP contribution in [0.3, 0.4) is 0 Å². The van der Waals surface area contributed by atoms with Crippen molar-refractivity contribution in [2.24, 2.45) is 0 Å². The number of nitrogens with one attached hydrogen (secondary N) is 1. The highest BCUT2D eigenvalue weighted by atomic mass is 32.1. The van der Waals surface area contributed by atoms with Crippen LogP contribution in [0, 0.1) is 0 Å². The Balaban J connectivity index is 1.85. The fraction of sp³-hybridized carbons (Fsp3) is 0.316. The molecule has 0 radical (unpaired) electrons. The molecule has 26 heavy (non-hydrogen) atoms. The van der Waals surface area contributed by atoms with Gasteiger partial charge in [0.25, 0.3) is 0 Å². The predicted molar refractivity (Wildman–Crippen MR) is 102 cm³/mol. The van der Waals surface area contributed by atoms with E-state index in [1.807, 2.05) is 24.3 Å². The summed E-state index contributed by atoms with van der Waals surface area (Å²) in [5.41, 5.74) is 1.47. The van der Waals surface area contributed by atoms with E-state index in [1.165, 1.54) is 17.4 Å². The van der Waals surface area contributed by atoms with Crippen molar-refractivity contribution in [1.29, 1.82) is 0 Å². The molecule has 138 valence electrons. The minimum atomic E-state index is -0.332. The van der Waals surface area contributed by atoms with Crippen molar-refractivity contribution < 1.29 is 19.1 Å². The van der Waals surface area contributed by atoms with E-state index in [4.69, 9.17) is 9.47 Å². The number of benzene rings is 1. The highest BCUT2D eigenvalue weighted by Gasteiger charge is 2.09. The van der Waals surface area contributed by atoms with Crippen LogP contribution in [0.2, 0.25) is 0 Å². The number of hydrogen-bond acceptors (Lipinski definition) is 6. The van der Waals surface area contributed by atoms with Crippen molar-refractivity contribution in [3.63, 3.8) is 0 Å².